The first kappa shape index (κ1) is 15.8. The molecule has 0 aliphatic carbocycles. The fourth-order valence-electron chi connectivity index (χ4n) is 3.34. The summed E-state index contributed by atoms with van der Waals surface area (Å²) < 4.78 is 0. The van der Waals surface area contributed by atoms with Gasteiger partial charge in [-0.05, 0) is 71.1 Å². The first-order chi connectivity index (χ1) is 9.75. The van der Waals surface area contributed by atoms with Crippen LogP contribution in [0.4, 0.5) is 0 Å². The Labute approximate surface area is 123 Å². The summed E-state index contributed by atoms with van der Waals surface area (Å²) in [4.78, 5) is 14.4. The Balaban J connectivity index is 1.56. The highest BCUT2D eigenvalue weighted by Crippen LogP contribution is 2.15. The maximum Gasteiger partial charge on any atom is 0.220 e. The number of hydrogen-bond donors (Lipinski definition) is 2. The fraction of sp³-hybridized carbons (Fsp3) is 0.938. The molecule has 2 aliphatic rings. The van der Waals surface area contributed by atoms with Crippen molar-refractivity contribution in [3.05, 3.63) is 0 Å². The van der Waals surface area contributed by atoms with Crippen molar-refractivity contribution in [3.63, 3.8) is 0 Å². The third-order valence-electron chi connectivity index (χ3n) is 4.79. The van der Waals surface area contributed by atoms with Crippen molar-refractivity contribution < 1.29 is 4.79 Å². The molecule has 2 aliphatic heterocycles. The van der Waals surface area contributed by atoms with Crippen LogP contribution >= 0.6 is 0 Å². The predicted molar refractivity (Wildman–Crippen MR) is 82.7 cm³/mol. The van der Waals surface area contributed by atoms with Crippen LogP contribution in [0.1, 0.15) is 51.9 Å². The van der Waals surface area contributed by atoms with E-state index in [1.807, 2.05) is 0 Å². The molecule has 2 rings (SSSR count). The van der Waals surface area contributed by atoms with Gasteiger partial charge < -0.3 is 10.6 Å². The van der Waals surface area contributed by atoms with Gasteiger partial charge >= 0.3 is 0 Å². The van der Waals surface area contributed by atoms with Gasteiger partial charge in [-0.25, -0.2) is 0 Å². The highest BCUT2D eigenvalue weighted by Gasteiger charge is 2.18. The standard InChI is InChI=1S/C16H31N3O/c1-14(19-10-3-2-4-11-19)12-18-16(20)8-7-15-6-5-9-17-13-15/h14-15,17H,2-13H2,1H3,(H,18,20). The number of nitrogens with zero attached hydrogens (tertiary/aromatic N) is 1. The Morgan fingerprint density at radius 1 is 1.30 bits per heavy atom. The van der Waals surface area contributed by atoms with Gasteiger partial charge in [0.05, 0.1) is 0 Å². The molecular formula is C16H31N3O. The Hall–Kier alpha value is -0.610. The van der Waals surface area contributed by atoms with E-state index in [1.165, 1.54) is 45.2 Å². The molecule has 4 heteroatoms. The highest BCUT2D eigenvalue weighted by atomic mass is 16.1. The molecule has 2 fully saturated rings. The molecule has 0 aromatic carbocycles. The third kappa shape index (κ3) is 5.41. The molecule has 0 spiro atoms. The molecule has 1 amide bonds. The summed E-state index contributed by atoms with van der Waals surface area (Å²) in [7, 11) is 0. The van der Waals surface area contributed by atoms with Crippen LogP contribution in [0, 0.1) is 5.92 Å². The molecular weight excluding hydrogens is 250 g/mol. The summed E-state index contributed by atoms with van der Waals surface area (Å²) in [6.07, 6.45) is 8.27. The summed E-state index contributed by atoms with van der Waals surface area (Å²) in [6.45, 7) is 7.68. The quantitative estimate of drug-likeness (QED) is 0.780. The molecule has 0 aromatic rings. The van der Waals surface area contributed by atoms with Gasteiger partial charge in [0.1, 0.15) is 0 Å². The summed E-state index contributed by atoms with van der Waals surface area (Å²) >= 11 is 0. The lowest BCUT2D eigenvalue weighted by Crippen LogP contribution is -2.44. The number of amides is 1. The van der Waals surface area contributed by atoms with Crippen molar-refractivity contribution in [1.29, 1.82) is 0 Å². The topological polar surface area (TPSA) is 44.4 Å². The van der Waals surface area contributed by atoms with Gasteiger partial charge in [0.2, 0.25) is 5.91 Å². The number of carbonyl (C=O) groups excluding carboxylic acids is 1. The van der Waals surface area contributed by atoms with Crippen LogP contribution in [-0.4, -0.2) is 49.6 Å². The summed E-state index contributed by atoms with van der Waals surface area (Å²) in [5.74, 6) is 0.938. The summed E-state index contributed by atoms with van der Waals surface area (Å²) in [6, 6.07) is 0.482. The van der Waals surface area contributed by atoms with E-state index in [0.717, 1.165) is 26.1 Å². The van der Waals surface area contributed by atoms with Crippen molar-refractivity contribution in [2.24, 2.45) is 5.92 Å². The van der Waals surface area contributed by atoms with Gasteiger partial charge in [0, 0.05) is 19.0 Å². The number of piperidine rings is 2. The molecule has 2 unspecified atom stereocenters. The van der Waals surface area contributed by atoms with Crippen LogP contribution in [0.3, 0.4) is 0 Å². The number of likely N-dealkylation sites (tertiary alicyclic amines) is 1. The van der Waals surface area contributed by atoms with Crippen molar-refractivity contribution >= 4 is 5.91 Å². The lowest BCUT2D eigenvalue weighted by molar-refractivity contribution is -0.121. The van der Waals surface area contributed by atoms with E-state index in [1.54, 1.807) is 0 Å². The van der Waals surface area contributed by atoms with Crippen LogP contribution in [0.5, 0.6) is 0 Å². The minimum absolute atomic E-state index is 0.236. The Kier molecular flexibility index (Phi) is 6.80. The molecule has 0 aromatic heterocycles. The second-order valence-corrected chi connectivity index (χ2v) is 6.50. The van der Waals surface area contributed by atoms with Crippen molar-refractivity contribution in [1.82, 2.24) is 15.5 Å². The number of rotatable bonds is 6. The van der Waals surface area contributed by atoms with Crippen LogP contribution < -0.4 is 10.6 Å². The molecule has 2 N–H and O–H groups in total. The average Bonchev–Trinajstić information content (AvgIpc) is 2.52. The molecule has 20 heavy (non-hydrogen) atoms. The van der Waals surface area contributed by atoms with Crippen LogP contribution in [0.25, 0.3) is 0 Å². The maximum atomic E-state index is 11.9. The lowest BCUT2D eigenvalue weighted by atomic mass is 9.94. The van der Waals surface area contributed by atoms with Gasteiger partial charge in [-0.1, -0.05) is 6.42 Å². The van der Waals surface area contributed by atoms with E-state index in [9.17, 15) is 4.79 Å². The van der Waals surface area contributed by atoms with E-state index in [0.29, 0.717) is 18.4 Å². The predicted octanol–water partition coefficient (Wildman–Crippen LogP) is 1.76. The Morgan fingerprint density at radius 2 is 2.10 bits per heavy atom. The summed E-state index contributed by atoms with van der Waals surface area (Å²) in [5.41, 5.74) is 0. The largest absolute Gasteiger partial charge is 0.355 e. The van der Waals surface area contributed by atoms with Crippen LogP contribution in [-0.2, 0) is 4.79 Å². The minimum atomic E-state index is 0.236. The van der Waals surface area contributed by atoms with E-state index in [4.69, 9.17) is 0 Å². The van der Waals surface area contributed by atoms with Gasteiger partial charge in [-0.2, -0.15) is 0 Å². The molecule has 0 saturated carbocycles. The van der Waals surface area contributed by atoms with Crippen molar-refractivity contribution in [2.75, 3.05) is 32.7 Å². The highest BCUT2D eigenvalue weighted by molar-refractivity contribution is 5.75. The van der Waals surface area contributed by atoms with E-state index in [2.05, 4.69) is 22.5 Å². The number of hydrogen-bond acceptors (Lipinski definition) is 3. The molecule has 0 radical (unpaired) electrons. The SMILES string of the molecule is CC(CNC(=O)CCC1CCCNC1)N1CCCCC1. The normalized spacial score (nSPS) is 26.1. The number of nitrogens with one attached hydrogen (secondary N) is 2. The first-order valence-corrected chi connectivity index (χ1v) is 8.47. The molecule has 2 heterocycles. The molecule has 0 bridgehead atoms. The fourth-order valence-corrected chi connectivity index (χ4v) is 3.34. The van der Waals surface area contributed by atoms with Crippen LogP contribution in [0.15, 0.2) is 0 Å². The monoisotopic (exact) mass is 281 g/mol. The number of carbonyl (C=O) groups is 1. The molecule has 116 valence electrons. The van der Waals surface area contributed by atoms with Gasteiger partial charge in [-0.15, -0.1) is 0 Å². The van der Waals surface area contributed by atoms with E-state index in [-0.39, 0.29) is 5.91 Å². The molecule has 4 nitrogen and oxygen atoms in total. The zero-order valence-corrected chi connectivity index (χ0v) is 13.0. The zero-order chi connectivity index (χ0) is 14.2. The van der Waals surface area contributed by atoms with Gasteiger partial charge in [0.25, 0.3) is 0 Å². The second-order valence-electron chi connectivity index (χ2n) is 6.50. The Bertz CT molecular complexity index is 283. The third-order valence-corrected chi connectivity index (χ3v) is 4.79. The minimum Gasteiger partial charge on any atom is -0.355 e. The van der Waals surface area contributed by atoms with Crippen molar-refractivity contribution in [3.8, 4) is 0 Å². The molecule has 2 atom stereocenters. The summed E-state index contributed by atoms with van der Waals surface area (Å²) in [5, 5.41) is 6.53. The first-order valence-electron chi connectivity index (χ1n) is 8.47. The average molecular weight is 281 g/mol. The Morgan fingerprint density at radius 3 is 2.80 bits per heavy atom. The lowest BCUT2D eigenvalue weighted by Gasteiger charge is -2.32. The second kappa shape index (κ2) is 8.63. The van der Waals surface area contributed by atoms with Gasteiger partial charge in [0.15, 0.2) is 0 Å². The molecule has 2 saturated heterocycles. The maximum absolute atomic E-state index is 11.9. The zero-order valence-electron chi connectivity index (χ0n) is 13.0. The van der Waals surface area contributed by atoms with E-state index < -0.39 is 0 Å². The van der Waals surface area contributed by atoms with Crippen molar-refractivity contribution in [2.45, 2.75) is 57.9 Å². The smallest absolute Gasteiger partial charge is 0.220 e. The van der Waals surface area contributed by atoms with Crippen LogP contribution in [0.2, 0.25) is 0 Å². The van der Waals surface area contributed by atoms with E-state index >= 15 is 0 Å². The van der Waals surface area contributed by atoms with Gasteiger partial charge in [-0.3, -0.25) is 9.69 Å².